The topological polar surface area (TPSA) is 50.2 Å². The smallest absolute Gasteiger partial charge is 0.317 e. The number of para-hydroxylation sites is 1. The lowest BCUT2D eigenvalue weighted by molar-refractivity contribution is 0.197. The number of hydrogen-bond acceptors (Lipinski definition) is 2. The van der Waals surface area contributed by atoms with Crippen LogP contribution in [0.4, 0.5) is 9.18 Å². The molecule has 0 fully saturated rings. The van der Waals surface area contributed by atoms with Crippen LogP contribution in [0.25, 0.3) is 5.69 Å². The summed E-state index contributed by atoms with van der Waals surface area (Å²) in [5.74, 6) is -0.299. The van der Waals surface area contributed by atoms with Crippen molar-refractivity contribution in [1.82, 2.24) is 20.0 Å². The van der Waals surface area contributed by atoms with Crippen molar-refractivity contribution in [3.8, 4) is 5.69 Å². The second kappa shape index (κ2) is 8.29. The van der Waals surface area contributed by atoms with E-state index in [1.54, 1.807) is 21.8 Å². The number of benzene rings is 2. The second-order valence-corrected chi connectivity index (χ2v) is 5.93. The maximum Gasteiger partial charge on any atom is 0.317 e. The molecule has 0 atom stereocenters. The highest BCUT2D eigenvalue weighted by Gasteiger charge is 2.12. The van der Waals surface area contributed by atoms with Crippen LogP contribution in [0.15, 0.2) is 67.0 Å². The summed E-state index contributed by atoms with van der Waals surface area (Å²) in [6.45, 7) is 3.17. The number of amides is 2. The summed E-state index contributed by atoms with van der Waals surface area (Å²) in [5.41, 5.74) is 2.63. The molecule has 1 aromatic heterocycles. The van der Waals surface area contributed by atoms with Gasteiger partial charge in [-0.15, -0.1) is 0 Å². The zero-order valence-corrected chi connectivity index (χ0v) is 14.6. The summed E-state index contributed by atoms with van der Waals surface area (Å²) in [6.07, 6.45) is 3.62. The van der Waals surface area contributed by atoms with Gasteiger partial charge >= 0.3 is 6.03 Å². The van der Waals surface area contributed by atoms with E-state index in [1.807, 2.05) is 49.5 Å². The first-order valence-corrected chi connectivity index (χ1v) is 8.52. The summed E-state index contributed by atoms with van der Waals surface area (Å²) >= 11 is 0. The van der Waals surface area contributed by atoms with Gasteiger partial charge < -0.3 is 10.2 Å². The monoisotopic (exact) mass is 352 g/mol. The fourth-order valence-electron chi connectivity index (χ4n) is 2.65. The molecule has 5 nitrogen and oxygen atoms in total. The summed E-state index contributed by atoms with van der Waals surface area (Å²) in [7, 11) is 0. The van der Waals surface area contributed by atoms with Gasteiger partial charge in [0, 0.05) is 31.4 Å². The summed E-state index contributed by atoms with van der Waals surface area (Å²) in [4.78, 5) is 14.0. The molecule has 0 aliphatic carbocycles. The molecule has 2 amide bonds. The quantitative estimate of drug-likeness (QED) is 0.735. The summed E-state index contributed by atoms with van der Waals surface area (Å²) in [5, 5.41) is 7.21. The Labute approximate surface area is 152 Å². The Kier molecular flexibility index (Phi) is 5.63. The van der Waals surface area contributed by atoms with Crippen LogP contribution in [0.2, 0.25) is 0 Å². The Morgan fingerprint density at radius 3 is 2.69 bits per heavy atom. The first-order valence-electron chi connectivity index (χ1n) is 8.52. The Balaban J connectivity index is 1.58. The van der Waals surface area contributed by atoms with Gasteiger partial charge in [-0.3, -0.25) is 0 Å². The highest BCUT2D eigenvalue weighted by Crippen LogP contribution is 2.09. The Morgan fingerprint density at radius 2 is 1.96 bits per heavy atom. The van der Waals surface area contributed by atoms with Crippen LogP contribution < -0.4 is 5.32 Å². The third-order valence-electron chi connectivity index (χ3n) is 4.03. The van der Waals surface area contributed by atoms with Gasteiger partial charge in [-0.2, -0.15) is 5.10 Å². The third kappa shape index (κ3) is 4.47. The van der Waals surface area contributed by atoms with Gasteiger partial charge in [0.15, 0.2) is 0 Å². The van der Waals surface area contributed by atoms with E-state index in [0.29, 0.717) is 19.6 Å². The molecule has 1 N–H and O–H groups in total. The zero-order valence-electron chi connectivity index (χ0n) is 14.6. The number of carbonyl (C=O) groups is 1. The maximum atomic E-state index is 13.3. The molecular formula is C20H21FN4O. The third-order valence-corrected chi connectivity index (χ3v) is 4.03. The zero-order chi connectivity index (χ0) is 18.4. The number of nitrogens with zero attached hydrogens (tertiary/aromatic N) is 3. The Bertz CT molecular complexity index is 863. The normalized spacial score (nSPS) is 10.5. The molecule has 26 heavy (non-hydrogen) atoms. The van der Waals surface area contributed by atoms with E-state index in [9.17, 15) is 9.18 Å². The van der Waals surface area contributed by atoms with E-state index in [2.05, 4.69) is 10.4 Å². The number of urea groups is 1. The van der Waals surface area contributed by atoms with Crippen LogP contribution in [0, 0.1) is 5.82 Å². The predicted molar refractivity (Wildman–Crippen MR) is 98.3 cm³/mol. The Morgan fingerprint density at radius 1 is 1.15 bits per heavy atom. The van der Waals surface area contributed by atoms with E-state index in [1.165, 1.54) is 12.1 Å². The van der Waals surface area contributed by atoms with Gasteiger partial charge in [0.2, 0.25) is 0 Å². The van der Waals surface area contributed by atoms with Crippen LogP contribution >= 0.6 is 0 Å². The lowest BCUT2D eigenvalue weighted by Crippen LogP contribution is -2.39. The largest absolute Gasteiger partial charge is 0.334 e. The van der Waals surface area contributed by atoms with Crippen molar-refractivity contribution >= 4 is 6.03 Å². The van der Waals surface area contributed by atoms with Crippen molar-refractivity contribution < 1.29 is 9.18 Å². The predicted octanol–water partition coefficient (Wildman–Crippen LogP) is 3.74. The minimum atomic E-state index is -0.299. The molecule has 6 heteroatoms. The summed E-state index contributed by atoms with van der Waals surface area (Å²) < 4.78 is 15.1. The van der Waals surface area contributed by atoms with Crippen molar-refractivity contribution in [1.29, 1.82) is 0 Å². The molecule has 1 heterocycles. The fourth-order valence-corrected chi connectivity index (χ4v) is 2.65. The van der Waals surface area contributed by atoms with Gasteiger partial charge in [-0.25, -0.2) is 13.9 Å². The van der Waals surface area contributed by atoms with Gasteiger partial charge in [-0.1, -0.05) is 30.3 Å². The van der Waals surface area contributed by atoms with Gasteiger partial charge in [0.1, 0.15) is 5.82 Å². The molecule has 134 valence electrons. The average molecular weight is 352 g/mol. The lowest BCUT2D eigenvalue weighted by Gasteiger charge is -2.21. The second-order valence-electron chi connectivity index (χ2n) is 5.93. The molecular weight excluding hydrogens is 331 g/mol. The molecule has 3 aromatic rings. The highest BCUT2D eigenvalue weighted by molar-refractivity contribution is 5.74. The van der Waals surface area contributed by atoms with Crippen molar-refractivity contribution in [3.63, 3.8) is 0 Å². The molecule has 0 spiro atoms. The lowest BCUT2D eigenvalue weighted by atomic mass is 10.2. The molecule has 0 aliphatic heterocycles. The molecule has 0 unspecified atom stereocenters. The standard InChI is InChI=1S/C20H21FN4O/c1-2-24(14-16-7-6-8-18(21)11-16)20(26)22-12-17-13-23-25(15-17)19-9-4-3-5-10-19/h3-11,13,15H,2,12,14H2,1H3,(H,22,26). The molecule has 0 radical (unpaired) electrons. The van der Waals surface area contributed by atoms with Crippen molar-refractivity contribution in [2.24, 2.45) is 0 Å². The van der Waals surface area contributed by atoms with E-state index in [-0.39, 0.29) is 11.8 Å². The number of carbonyl (C=O) groups excluding carboxylic acids is 1. The Hall–Kier alpha value is -3.15. The molecule has 0 saturated carbocycles. The van der Waals surface area contributed by atoms with Crippen LogP contribution in [0.3, 0.4) is 0 Å². The van der Waals surface area contributed by atoms with Gasteiger partial charge in [-0.05, 0) is 36.8 Å². The van der Waals surface area contributed by atoms with Crippen LogP contribution in [-0.2, 0) is 13.1 Å². The minimum absolute atomic E-state index is 0.191. The molecule has 0 bridgehead atoms. The number of halogens is 1. The minimum Gasteiger partial charge on any atom is -0.334 e. The first-order chi connectivity index (χ1) is 12.7. The number of hydrogen-bond donors (Lipinski definition) is 1. The molecule has 0 aliphatic rings. The van der Waals surface area contributed by atoms with Crippen molar-refractivity contribution in [2.45, 2.75) is 20.0 Å². The number of nitrogens with one attached hydrogen (secondary N) is 1. The van der Waals surface area contributed by atoms with E-state index in [4.69, 9.17) is 0 Å². The van der Waals surface area contributed by atoms with Gasteiger partial charge in [0.05, 0.1) is 11.9 Å². The van der Waals surface area contributed by atoms with Crippen molar-refractivity contribution in [3.05, 3.63) is 83.9 Å². The molecule has 3 rings (SSSR count). The molecule has 2 aromatic carbocycles. The first kappa shape index (κ1) is 17.7. The van der Waals surface area contributed by atoms with Crippen LogP contribution in [0.1, 0.15) is 18.1 Å². The molecule has 0 saturated heterocycles. The van der Waals surface area contributed by atoms with E-state index in [0.717, 1.165) is 16.8 Å². The van der Waals surface area contributed by atoms with E-state index < -0.39 is 0 Å². The highest BCUT2D eigenvalue weighted by atomic mass is 19.1. The van der Waals surface area contributed by atoms with Gasteiger partial charge in [0.25, 0.3) is 0 Å². The van der Waals surface area contributed by atoms with Crippen LogP contribution in [0.5, 0.6) is 0 Å². The SMILES string of the molecule is CCN(Cc1cccc(F)c1)C(=O)NCc1cnn(-c2ccccc2)c1. The maximum absolute atomic E-state index is 13.3. The number of rotatable bonds is 6. The average Bonchev–Trinajstić information content (AvgIpc) is 3.14. The number of aromatic nitrogens is 2. The fraction of sp³-hybridized carbons (Fsp3) is 0.200. The van der Waals surface area contributed by atoms with E-state index >= 15 is 0 Å². The van der Waals surface area contributed by atoms with Crippen molar-refractivity contribution in [2.75, 3.05) is 6.54 Å². The van der Waals surface area contributed by atoms with Crippen LogP contribution in [-0.4, -0.2) is 27.3 Å². The summed E-state index contributed by atoms with van der Waals surface area (Å²) in [6, 6.07) is 15.9.